The number of thioether (sulfide) groups is 1. The van der Waals surface area contributed by atoms with Crippen LogP contribution >= 0.6 is 11.8 Å². The Morgan fingerprint density at radius 1 is 1.03 bits per heavy atom. The first kappa shape index (κ1) is 24.3. The summed E-state index contributed by atoms with van der Waals surface area (Å²) in [7, 11) is -3.56. The summed E-state index contributed by atoms with van der Waals surface area (Å²) in [4.78, 5) is 25.9. The Morgan fingerprint density at radius 3 is 2.22 bits per heavy atom. The van der Waals surface area contributed by atoms with Crippen LogP contribution in [0.4, 0.5) is 5.69 Å². The van der Waals surface area contributed by atoms with Crippen LogP contribution in [0, 0.1) is 5.92 Å². The molecule has 1 saturated heterocycles. The summed E-state index contributed by atoms with van der Waals surface area (Å²) in [5, 5.41) is 5.75. The van der Waals surface area contributed by atoms with Crippen molar-refractivity contribution in [3.8, 4) is 0 Å². The maximum atomic E-state index is 12.9. The monoisotopic (exact) mass is 475 g/mol. The minimum atomic E-state index is -3.56. The van der Waals surface area contributed by atoms with Gasteiger partial charge in [-0.25, -0.2) is 8.42 Å². The average Bonchev–Trinajstić information content (AvgIpc) is 2.82. The summed E-state index contributed by atoms with van der Waals surface area (Å²) < 4.78 is 27.0. The number of rotatable bonds is 9. The number of amides is 2. The van der Waals surface area contributed by atoms with Crippen molar-refractivity contribution in [2.45, 2.75) is 30.2 Å². The molecule has 0 radical (unpaired) electrons. The molecule has 2 amide bonds. The van der Waals surface area contributed by atoms with Gasteiger partial charge in [-0.2, -0.15) is 16.1 Å². The van der Waals surface area contributed by atoms with E-state index in [1.807, 2.05) is 24.5 Å². The Bertz CT molecular complexity index is 992. The topological polar surface area (TPSA) is 95.6 Å². The van der Waals surface area contributed by atoms with Crippen LogP contribution in [0.1, 0.15) is 19.3 Å². The highest BCUT2D eigenvalue weighted by Crippen LogP contribution is 2.24. The zero-order valence-corrected chi connectivity index (χ0v) is 19.7. The Morgan fingerprint density at radius 2 is 1.62 bits per heavy atom. The molecule has 0 bridgehead atoms. The van der Waals surface area contributed by atoms with Crippen LogP contribution in [0.25, 0.3) is 0 Å². The van der Waals surface area contributed by atoms with Gasteiger partial charge in [0.05, 0.1) is 4.90 Å². The maximum absolute atomic E-state index is 12.9. The van der Waals surface area contributed by atoms with Crippen molar-refractivity contribution < 1.29 is 18.0 Å². The summed E-state index contributed by atoms with van der Waals surface area (Å²) >= 11 is 1.61. The zero-order valence-electron chi connectivity index (χ0n) is 18.1. The Hall–Kier alpha value is -2.36. The number of hydrogen-bond acceptors (Lipinski definition) is 5. The van der Waals surface area contributed by atoms with E-state index in [0.29, 0.717) is 24.9 Å². The highest BCUT2D eigenvalue weighted by molar-refractivity contribution is 7.98. The normalized spacial score (nSPS) is 16.3. The molecule has 1 fully saturated rings. The summed E-state index contributed by atoms with van der Waals surface area (Å²) in [6, 6.07) is 16.8. The van der Waals surface area contributed by atoms with Crippen molar-refractivity contribution in [2.24, 2.45) is 5.92 Å². The fourth-order valence-electron chi connectivity index (χ4n) is 3.64. The summed E-state index contributed by atoms with van der Waals surface area (Å²) in [5.74, 6) is -0.0294. The van der Waals surface area contributed by atoms with Crippen molar-refractivity contribution in [1.82, 2.24) is 9.62 Å². The summed E-state index contributed by atoms with van der Waals surface area (Å²) in [6.07, 6.45) is 3.32. The van der Waals surface area contributed by atoms with Gasteiger partial charge in [-0.15, -0.1) is 0 Å². The molecule has 9 heteroatoms. The number of piperidine rings is 1. The van der Waals surface area contributed by atoms with E-state index in [1.165, 1.54) is 4.31 Å². The second-order valence-corrected chi connectivity index (χ2v) is 10.6. The third kappa shape index (κ3) is 6.34. The Kier molecular flexibility index (Phi) is 8.72. The molecule has 1 heterocycles. The predicted molar refractivity (Wildman–Crippen MR) is 128 cm³/mol. The van der Waals surface area contributed by atoms with Gasteiger partial charge in [0, 0.05) is 24.7 Å². The van der Waals surface area contributed by atoms with E-state index >= 15 is 0 Å². The first-order valence-corrected chi connectivity index (χ1v) is 13.5. The van der Waals surface area contributed by atoms with Crippen LogP contribution in [0.3, 0.4) is 0 Å². The molecule has 2 aromatic rings. The lowest BCUT2D eigenvalue weighted by atomic mass is 9.96. The fourth-order valence-corrected chi connectivity index (χ4v) is 5.61. The van der Waals surface area contributed by atoms with Crippen molar-refractivity contribution in [3.05, 3.63) is 60.7 Å². The van der Waals surface area contributed by atoms with Crippen molar-refractivity contribution in [3.63, 3.8) is 0 Å². The molecule has 7 nitrogen and oxygen atoms in total. The van der Waals surface area contributed by atoms with Gasteiger partial charge in [0.25, 0.3) is 0 Å². The van der Waals surface area contributed by atoms with Gasteiger partial charge in [-0.3, -0.25) is 9.59 Å². The van der Waals surface area contributed by atoms with Crippen molar-refractivity contribution in [1.29, 1.82) is 0 Å². The summed E-state index contributed by atoms with van der Waals surface area (Å²) in [6.45, 7) is 0.558. The van der Waals surface area contributed by atoms with Gasteiger partial charge in [0.15, 0.2) is 0 Å². The van der Waals surface area contributed by atoms with E-state index in [4.69, 9.17) is 0 Å². The molecular weight excluding hydrogens is 446 g/mol. The molecular formula is C23H29N3O4S2. The van der Waals surface area contributed by atoms with Gasteiger partial charge in [-0.05, 0) is 55.5 Å². The smallest absolute Gasteiger partial charge is 0.246 e. The zero-order chi connectivity index (χ0) is 23.0. The number of carbonyl (C=O) groups is 2. The minimum Gasteiger partial charge on any atom is -0.344 e. The Balaban J connectivity index is 1.58. The predicted octanol–water partition coefficient (Wildman–Crippen LogP) is 2.96. The number of hydrogen-bond donors (Lipinski definition) is 2. The molecule has 3 rings (SSSR count). The van der Waals surface area contributed by atoms with Crippen LogP contribution in [0.5, 0.6) is 0 Å². The number of para-hydroxylation sites is 1. The number of nitrogens with zero attached hydrogens (tertiary/aromatic N) is 1. The molecule has 32 heavy (non-hydrogen) atoms. The quantitative estimate of drug-likeness (QED) is 0.581. The molecule has 1 unspecified atom stereocenters. The average molecular weight is 476 g/mol. The number of benzene rings is 2. The highest BCUT2D eigenvalue weighted by atomic mass is 32.2. The molecule has 2 N–H and O–H groups in total. The van der Waals surface area contributed by atoms with Crippen LogP contribution in [-0.4, -0.2) is 55.7 Å². The van der Waals surface area contributed by atoms with Crippen molar-refractivity contribution in [2.75, 3.05) is 30.4 Å². The number of anilines is 1. The van der Waals surface area contributed by atoms with Crippen LogP contribution in [0.15, 0.2) is 65.6 Å². The molecule has 1 atom stereocenters. The number of carbonyl (C=O) groups excluding carboxylic acids is 2. The van der Waals surface area contributed by atoms with Crippen LogP contribution in [0.2, 0.25) is 0 Å². The Labute approximate surface area is 194 Å². The van der Waals surface area contributed by atoms with E-state index < -0.39 is 16.1 Å². The molecule has 0 aliphatic carbocycles. The number of nitrogens with one attached hydrogen (secondary N) is 2. The molecule has 0 saturated carbocycles. The first-order chi connectivity index (χ1) is 15.4. The van der Waals surface area contributed by atoms with E-state index in [-0.39, 0.29) is 35.7 Å². The van der Waals surface area contributed by atoms with Crippen LogP contribution in [-0.2, 0) is 19.6 Å². The lowest BCUT2D eigenvalue weighted by Gasteiger charge is -2.31. The van der Waals surface area contributed by atoms with E-state index in [2.05, 4.69) is 10.6 Å². The largest absolute Gasteiger partial charge is 0.344 e. The maximum Gasteiger partial charge on any atom is 0.246 e. The SMILES string of the molecule is CSCCC(NC(=O)C1CCN(S(=O)(=O)c2ccccc2)CC1)C(=O)Nc1ccccc1. The second-order valence-electron chi connectivity index (χ2n) is 7.69. The fraction of sp³-hybridized carbons (Fsp3) is 0.391. The van der Waals surface area contributed by atoms with Gasteiger partial charge in [0.2, 0.25) is 21.8 Å². The van der Waals surface area contributed by atoms with Crippen molar-refractivity contribution >= 4 is 39.3 Å². The van der Waals surface area contributed by atoms with E-state index in [9.17, 15) is 18.0 Å². The first-order valence-electron chi connectivity index (χ1n) is 10.6. The van der Waals surface area contributed by atoms with Gasteiger partial charge in [-0.1, -0.05) is 36.4 Å². The molecule has 0 spiro atoms. The molecule has 2 aromatic carbocycles. The third-order valence-corrected chi connectivity index (χ3v) is 8.05. The van der Waals surface area contributed by atoms with E-state index in [1.54, 1.807) is 54.2 Å². The lowest BCUT2D eigenvalue weighted by molar-refractivity contribution is -0.130. The van der Waals surface area contributed by atoms with Gasteiger partial charge in [0.1, 0.15) is 6.04 Å². The highest BCUT2D eigenvalue weighted by Gasteiger charge is 2.33. The van der Waals surface area contributed by atoms with E-state index in [0.717, 1.165) is 5.75 Å². The third-order valence-electron chi connectivity index (χ3n) is 5.49. The van der Waals surface area contributed by atoms with Gasteiger partial charge < -0.3 is 10.6 Å². The molecule has 1 aliphatic rings. The molecule has 0 aromatic heterocycles. The summed E-state index contributed by atoms with van der Waals surface area (Å²) in [5.41, 5.74) is 0.681. The molecule has 172 valence electrons. The van der Waals surface area contributed by atoms with Gasteiger partial charge >= 0.3 is 0 Å². The molecule has 1 aliphatic heterocycles. The lowest BCUT2D eigenvalue weighted by Crippen LogP contribution is -2.49. The van der Waals surface area contributed by atoms with Crippen LogP contribution < -0.4 is 10.6 Å². The second kappa shape index (κ2) is 11.5. The number of sulfonamides is 1. The standard InChI is InChI=1S/C23H29N3O4S2/c1-31-17-14-21(23(28)24-19-8-4-2-5-9-19)25-22(27)18-12-15-26(16-13-18)32(29,30)20-10-6-3-7-11-20/h2-11,18,21H,12-17H2,1H3,(H,24,28)(H,25,27). The minimum absolute atomic E-state index is 0.198.